The van der Waals surface area contributed by atoms with E-state index in [1.54, 1.807) is 12.1 Å². The van der Waals surface area contributed by atoms with Crippen molar-refractivity contribution in [1.82, 2.24) is 10.3 Å². The molecule has 0 bridgehead atoms. The molecule has 3 aromatic rings. The molecule has 0 aliphatic heterocycles. The van der Waals surface area contributed by atoms with Gasteiger partial charge in [0, 0.05) is 23.0 Å². The van der Waals surface area contributed by atoms with Crippen LogP contribution in [0.3, 0.4) is 0 Å². The van der Waals surface area contributed by atoms with Crippen molar-refractivity contribution >= 4 is 22.6 Å². The summed E-state index contributed by atoms with van der Waals surface area (Å²) in [6.07, 6.45) is 0.867. The van der Waals surface area contributed by atoms with Crippen LogP contribution in [-0.4, -0.2) is 17.6 Å². The molecule has 1 heterocycles. The predicted molar refractivity (Wildman–Crippen MR) is 91.0 cm³/mol. The molecule has 0 atom stereocenters. The summed E-state index contributed by atoms with van der Waals surface area (Å²) in [4.78, 5) is 15.4. The number of para-hydroxylation sites is 1. The van der Waals surface area contributed by atoms with Crippen molar-refractivity contribution in [3.05, 3.63) is 54.3 Å². The van der Waals surface area contributed by atoms with Crippen molar-refractivity contribution < 1.29 is 9.18 Å². The molecule has 0 unspecified atom stereocenters. The average molecular weight is 311 g/mol. The number of nitrogens with one attached hydrogen (secondary N) is 3. The number of H-pyrrole nitrogens is 1. The maximum absolute atomic E-state index is 13.2. The molecule has 2 amide bonds. The molecule has 5 heteroatoms. The molecular formula is C18H18FN3O. The number of hydrogen-bond acceptors (Lipinski definition) is 1. The van der Waals surface area contributed by atoms with Gasteiger partial charge in [0.2, 0.25) is 0 Å². The molecule has 0 aliphatic carbocycles. The molecule has 23 heavy (non-hydrogen) atoms. The van der Waals surface area contributed by atoms with Gasteiger partial charge in [0.1, 0.15) is 5.82 Å². The second kappa shape index (κ2) is 6.52. The Balaban J connectivity index is 2.04. The number of anilines is 1. The van der Waals surface area contributed by atoms with E-state index in [1.807, 2.05) is 31.2 Å². The highest BCUT2D eigenvalue weighted by Gasteiger charge is 2.15. The third kappa shape index (κ3) is 3.18. The summed E-state index contributed by atoms with van der Waals surface area (Å²) < 4.78 is 13.2. The normalized spacial score (nSPS) is 10.7. The number of hydrogen-bond donors (Lipinski definition) is 3. The molecular weight excluding hydrogens is 293 g/mol. The Labute approximate surface area is 133 Å². The number of rotatable bonds is 4. The highest BCUT2D eigenvalue weighted by atomic mass is 19.1. The molecule has 3 rings (SSSR count). The predicted octanol–water partition coefficient (Wildman–Crippen LogP) is 4.51. The first kappa shape index (κ1) is 15.1. The van der Waals surface area contributed by atoms with E-state index < -0.39 is 0 Å². The number of fused-ring (bicyclic) bond motifs is 1. The van der Waals surface area contributed by atoms with Crippen molar-refractivity contribution in [2.45, 2.75) is 13.3 Å². The number of benzene rings is 2. The van der Waals surface area contributed by atoms with E-state index in [4.69, 9.17) is 0 Å². The molecule has 0 aliphatic rings. The number of urea groups is 1. The van der Waals surface area contributed by atoms with Crippen molar-refractivity contribution in [2.24, 2.45) is 0 Å². The molecule has 0 radical (unpaired) electrons. The van der Waals surface area contributed by atoms with Gasteiger partial charge in [-0.2, -0.15) is 0 Å². The first-order valence-corrected chi connectivity index (χ1v) is 7.60. The van der Waals surface area contributed by atoms with Crippen LogP contribution in [0.4, 0.5) is 14.9 Å². The standard InChI is InChI=1S/C18H18FN3O/c1-2-11-20-18(23)22-17-14-5-3-4-6-15(14)21-16(17)12-7-9-13(19)10-8-12/h3-10,21H,2,11H2,1H3,(H2,20,22,23). The summed E-state index contributed by atoms with van der Waals surface area (Å²) in [5, 5.41) is 6.62. The smallest absolute Gasteiger partial charge is 0.319 e. The van der Waals surface area contributed by atoms with Crippen LogP contribution >= 0.6 is 0 Å². The number of aromatic nitrogens is 1. The SMILES string of the molecule is CCCNC(=O)Nc1c(-c2ccc(F)cc2)[nH]c2ccccc12. The van der Waals surface area contributed by atoms with Gasteiger partial charge in [-0.25, -0.2) is 9.18 Å². The topological polar surface area (TPSA) is 56.9 Å². The summed E-state index contributed by atoms with van der Waals surface area (Å²) in [6.45, 7) is 2.61. The monoisotopic (exact) mass is 311 g/mol. The molecule has 4 nitrogen and oxygen atoms in total. The molecule has 118 valence electrons. The minimum atomic E-state index is -0.292. The largest absolute Gasteiger partial charge is 0.353 e. The lowest BCUT2D eigenvalue weighted by atomic mass is 10.1. The zero-order valence-electron chi connectivity index (χ0n) is 12.8. The molecule has 0 saturated carbocycles. The number of carbonyl (C=O) groups is 1. The lowest BCUT2D eigenvalue weighted by Gasteiger charge is -2.09. The zero-order valence-corrected chi connectivity index (χ0v) is 12.8. The highest BCUT2D eigenvalue weighted by molar-refractivity contribution is 6.07. The molecule has 2 aromatic carbocycles. The van der Waals surface area contributed by atoms with Crippen molar-refractivity contribution in [2.75, 3.05) is 11.9 Å². The molecule has 1 aromatic heterocycles. The van der Waals surface area contributed by atoms with E-state index in [1.165, 1.54) is 12.1 Å². The molecule has 3 N–H and O–H groups in total. The number of carbonyl (C=O) groups excluding carboxylic acids is 1. The van der Waals surface area contributed by atoms with Gasteiger partial charge in [0.05, 0.1) is 11.4 Å². The second-order valence-electron chi connectivity index (χ2n) is 5.31. The van der Waals surface area contributed by atoms with E-state index in [0.29, 0.717) is 12.2 Å². The van der Waals surface area contributed by atoms with Crippen LogP contribution in [0.2, 0.25) is 0 Å². The molecule has 0 fully saturated rings. The average Bonchev–Trinajstić information content (AvgIpc) is 2.92. The minimum absolute atomic E-state index is 0.250. The van der Waals surface area contributed by atoms with Gasteiger partial charge in [-0.15, -0.1) is 0 Å². The lowest BCUT2D eigenvalue weighted by Crippen LogP contribution is -2.29. The van der Waals surface area contributed by atoms with Crippen molar-refractivity contribution in [3.8, 4) is 11.3 Å². The van der Waals surface area contributed by atoms with E-state index in [9.17, 15) is 9.18 Å². The molecule has 0 spiro atoms. The van der Waals surface area contributed by atoms with Gasteiger partial charge in [-0.05, 0) is 36.8 Å². The maximum Gasteiger partial charge on any atom is 0.319 e. The van der Waals surface area contributed by atoms with Gasteiger partial charge in [0.15, 0.2) is 0 Å². The van der Waals surface area contributed by atoms with Gasteiger partial charge in [-0.3, -0.25) is 0 Å². The van der Waals surface area contributed by atoms with Crippen molar-refractivity contribution in [1.29, 1.82) is 0 Å². The highest BCUT2D eigenvalue weighted by Crippen LogP contribution is 2.34. The number of amides is 2. The van der Waals surface area contributed by atoms with E-state index in [-0.39, 0.29) is 11.8 Å². The van der Waals surface area contributed by atoms with Crippen LogP contribution in [0, 0.1) is 5.82 Å². The van der Waals surface area contributed by atoms with Gasteiger partial charge in [-0.1, -0.05) is 25.1 Å². The van der Waals surface area contributed by atoms with Crippen LogP contribution in [0.1, 0.15) is 13.3 Å². The fourth-order valence-corrected chi connectivity index (χ4v) is 2.50. The third-order valence-electron chi connectivity index (χ3n) is 3.61. The van der Waals surface area contributed by atoms with E-state index in [2.05, 4.69) is 15.6 Å². The Hall–Kier alpha value is -2.82. The Morgan fingerprint density at radius 3 is 2.61 bits per heavy atom. The first-order valence-electron chi connectivity index (χ1n) is 7.60. The summed E-state index contributed by atoms with van der Waals surface area (Å²) in [6, 6.07) is 13.7. The third-order valence-corrected chi connectivity index (χ3v) is 3.61. The Morgan fingerprint density at radius 2 is 1.87 bits per heavy atom. The minimum Gasteiger partial charge on any atom is -0.353 e. The lowest BCUT2D eigenvalue weighted by molar-refractivity contribution is 0.252. The summed E-state index contributed by atoms with van der Waals surface area (Å²) >= 11 is 0. The van der Waals surface area contributed by atoms with Crippen LogP contribution in [-0.2, 0) is 0 Å². The van der Waals surface area contributed by atoms with Crippen LogP contribution in [0.15, 0.2) is 48.5 Å². The second-order valence-corrected chi connectivity index (χ2v) is 5.31. The van der Waals surface area contributed by atoms with Crippen LogP contribution < -0.4 is 10.6 Å². The fourth-order valence-electron chi connectivity index (χ4n) is 2.50. The van der Waals surface area contributed by atoms with Gasteiger partial charge < -0.3 is 15.6 Å². The van der Waals surface area contributed by atoms with E-state index in [0.717, 1.165) is 28.6 Å². The quantitative estimate of drug-likeness (QED) is 0.652. The van der Waals surface area contributed by atoms with Crippen LogP contribution in [0.5, 0.6) is 0 Å². The van der Waals surface area contributed by atoms with Crippen molar-refractivity contribution in [3.63, 3.8) is 0 Å². The molecule has 0 saturated heterocycles. The van der Waals surface area contributed by atoms with E-state index >= 15 is 0 Å². The Morgan fingerprint density at radius 1 is 1.13 bits per heavy atom. The maximum atomic E-state index is 13.2. The fraction of sp³-hybridized carbons (Fsp3) is 0.167. The van der Waals surface area contributed by atoms with Gasteiger partial charge >= 0.3 is 6.03 Å². The first-order chi connectivity index (χ1) is 11.2. The van der Waals surface area contributed by atoms with Gasteiger partial charge in [0.25, 0.3) is 0 Å². The summed E-state index contributed by atoms with van der Waals surface area (Å²) in [5.74, 6) is -0.292. The summed E-state index contributed by atoms with van der Waals surface area (Å²) in [7, 11) is 0. The number of halogens is 1. The summed E-state index contributed by atoms with van der Waals surface area (Å²) in [5.41, 5.74) is 3.18. The zero-order chi connectivity index (χ0) is 16.2. The Kier molecular flexibility index (Phi) is 4.28. The number of aromatic amines is 1. The Bertz CT molecular complexity index is 824. The van der Waals surface area contributed by atoms with Crippen LogP contribution in [0.25, 0.3) is 22.2 Å².